The first-order chi connectivity index (χ1) is 9.84. The first kappa shape index (κ1) is 12.0. The molecule has 1 unspecified atom stereocenters. The lowest BCUT2D eigenvalue weighted by Crippen LogP contribution is -2.23. The van der Waals surface area contributed by atoms with Crippen LogP contribution >= 0.6 is 0 Å². The zero-order valence-electron chi connectivity index (χ0n) is 12.0. The zero-order valence-corrected chi connectivity index (χ0v) is 12.0. The Labute approximate surface area is 120 Å². The van der Waals surface area contributed by atoms with Crippen LogP contribution in [0.2, 0.25) is 0 Å². The van der Waals surface area contributed by atoms with Gasteiger partial charge in [0.2, 0.25) is 0 Å². The van der Waals surface area contributed by atoms with E-state index >= 15 is 0 Å². The molecular formula is C17H21N3. The Morgan fingerprint density at radius 2 is 2.25 bits per heavy atom. The molecule has 1 aliphatic heterocycles. The molecule has 3 nitrogen and oxygen atoms in total. The zero-order chi connectivity index (χ0) is 13.5. The van der Waals surface area contributed by atoms with Crippen LogP contribution in [-0.4, -0.2) is 16.1 Å². The molecule has 1 aromatic heterocycles. The molecule has 0 spiro atoms. The molecule has 2 aromatic rings. The smallest absolute Gasteiger partial charge is 0.0953 e. The fourth-order valence-electron chi connectivity index (χ4n) is 3.54. The molecule has 3 heteroatoms. The summed E-state index contributed by atoms with van der Waals surface area (Å²) in [4.78, 5) is 4.42. The molecular weight excluding hydrogens is 246 g/mol. The Morgan fingerprint density at radius 1 is 1.35 bits per heavy atom. The number of rotatable bonds is 3. The fraction of sp³-hybridized carbons (Fsp3) is 0.471. The van der Waals surface area contributed by atoms with E-state index in [0.717, 1.165) is 18.9 Å². The van der Waals surface area contributed by atoms with Gasteiger partial charge in [-0.05, 0) is 37.7 Å². The Bertz CT molecular complexity index is 625. The first-order valence-electron chi connectivity index (χ1n) is 7.72. The molecule has 1 N–H and O–H groups in total. The van der Waals surface area contributed by atoms with Gasteiger partial charge in [-0.3, -0.25) is 0 Å². The number of anilines is 1. The number of hydrogen-bond donors (Lipinski definition) is 1. The molecule has 0 saturated heterocycles. The van der Waals surface area contributed by atoms with Gasteiger partial charge >= 0.3 is 0 Å². The Kier molecular flexibility index (Phi) is 2.79. The summed E-state index contributed by atoms with van der Waals surface area (Å²) >= 11 is 0. The molecule has 2 aliphatic rings. The van der Waals surface area contributed by atoms with Crippen molar-refractivity contribution in [2.75, 3.05) is 11.9 Å². The molecule has 104 valence electrons. The summed E-state index contributed by atoms with van der Waals surface area (Å²) in [6.45, 7) is 3.39. The highest BCUT2D eigenvalue weighted by atomic mass is 15.1. The van der Waals surface area contributed by atoms with Gasteiger partial charge in [0.15, 0.2) is 0 Å². The highest BCUT2D eigenvalue weighted by Crippen LogP contribution is 2.40. The maximum atomic E-state index is 4.42. The van der Waals surface area contributed by atoms with Gasteiger partial charge < -0.3 is 9.88 Å². The molecule has 20 heavy (non-hydrogen) atoms. The van der Waals surface area contributed by atoms with E-state index in [4.69, 9.17) is 0 Å². The topological polar surface area (TPSA) is 29.9 Å². The maximum absolute atomic E-state index is 4.42. The van der Waals surface area contributed by atoms with Crippen molar-refractivity contribution >= 4 is 5.69 Å². The lowest BCUT2D eigenvalue weighted by atomic mass is 9.80. The molecule has 0 amide bonds. The predicted octanol–water partition coefficient (Wildman–Crippen LogP) is 3.88. The monoisotopic (exact) mass is 267 g/mol. The molecule has 1 aromatic carbocycles. The van der Waals surface area contributed by atoms with Gasteiger partial charge in [-0.2, -0.15) is 0 Å². The van der Waals surface area contributed by atoms with Crippen molar-refractivity contribution in [3.63, 3.8) is 0 Å². The third-order valence-electron chi connectivity index (χ3n) is 5.06. The number of hydrogen-bond acceptors (Lipinski definition) is 2. The number of nitrogens with one attached hydrogen (secondary N) is 1. The lowest BCUT2D eigenvalue weighted by Gasteiger charge is -2.33. The van der Waals surface area contributed by atoms with Crippen LogP contribution < -0.4 is 5.32 Å². The van der Waals surface area contributed by atoms with E-state index in [1.165, 1.54) is 41.8 Å². The van der Waals surface area contributed by atoms with Crippen molar-refractivity contribution in [3.8, 4) is 11.3 Å². The van der Waals surface area contributed by atoms with Crippen LogP contribution in [0.3, 0.4) is 0 Å². The van der Waals surface area contributed by atoms with Crippen molar-refractivity contribution in [2.24, 2.45) is 5.92 Å². The van der Waals surface area contributed by atoms with Crippen LogP contribution in [0.1, 0.15) is 37.8 Å². The summed E-state index contributed by atoms with van der Waals surface area (Å²) in [6, 6.07) is 7.18. The van der Waals surface area contributed by atoms with Crippen LogP contribution in [0.5, 0.6) is 0 Å². The second kappa shape index (κ2) is 4.65. The van der Waals surface area contributed by atoms with Crippen molar-refractivity contribution < 1.29 is 0 Å². The third kappa shape index (κ3) is 1.76. The van der Waals surface area contributed by atoms with Crippen LogP contribution in [0, 0.1) is 5.92 Å². The minimum Gasteiger partial charge on any atom is -0.384 e. The molecule has 1 fully saturated rings. The predicted molar refractivity (Wildman–Crippen MR) is 81.9 cm³/mol. The summed E-state index contributed by atoms with van der Waals surface area (Å²) in [6.07, 6.45) is 9.28. The molecule has 1 saturated carbocycles. The molecule has 0 radical (unpaired) electrons. The quantitative estimate of drug-likeness (QED) is 0.914. The third-order valence-corrected chi connectivity index (χ3v) is 5.06. The molecule has 1 atom stereocenters. The van der Waals surface area contributed by atoms with E-state index in [1.807, 2.05) is 12.5 Å². The van der Waals surface area contributed by atoms with E-state index in [9.17, 15) is 0 Å². The maximum Gasteiger partial charge on any atom is 0.0953 e. The normalized spacial score (nSPS) is 19.2. The highest BCUT2D eigenvalue weighted by molar-refractivity contribution is 5.79. The molecule has 4 rings (SSSR count). The molecule has 0 bridgehead atoms. The van der Waals surface area contributed by atoms with E-state index in [0.29, 0.717) is 6.04 Å². The Morgan fingerprint density at radius 3 is 3.05 bits per heavy atom. The van der Waals surface area contributed by atoms with Gasteiger partial charge in [0.05, 0.1) is 18.2 Å². The van der Waals surface area contributed by atoms with Gasteiger partial charge in [0, 0.05) is 23.8 Å². The number of benzene rings is 1. The number of fused-ring (bicyclic) bond motifs is 1. The molecule has 2 heterocycles. The average Bonchev–Trinajstić information content (AvgIpc) is 3.05. The SMILES string of the molecule is CC(C1CCC1)n1cncc1-c1cccc2c1NCC2. The Hall–Kier alpha value is -1.77. The van der Waals surface area contributed by atoms with Gasteiger partial charge in [-0.25, -0.2) is 4.98 Å². The summed E-state index contributed by atoms with van der Waals surface area (Å²) in [5.41, 5.74) is 5.32. The van der Waals surface area contributed by atoms with Crippen molar-refractivity contribution in [3.05, 3.63) is 36.3 Å². The second-order valence-electron chi connectivity index (χ2n) is 6.13. The van der Waals surface area contributed by atoms with Crippen LogP contribution in [0.15, 0.2) is 30.7 Å². The summed E-state index contributed by atoms with van der Waals surface area (Å²) in [5.74, 6) is 0.827. The highest BCUT2D eigenvalue weighted by Gasteiger charge is 2.27. The van der Waals surface area contributed by atoms with Gasteiger partial charge in [-0.1, -0.05) is 24.6 Å². The lowest BCUT2D eigenvalue weighted by molar-refractivity contribution is 0.223. The second-order valence-corrected chi connectivity index (χ2v) is 6.13. The van der Waals surface area contributed by atoms with Gasteiger partial charge in [-0.15, -0.1) is 0 Å². The minimum absolute atomic E-state index is 0.554. The van der Waals surface area contributed by atoms with Crippen LogP contribution in [0.4, 0.5) is 5.69 Å². The van der Waals surface area contributed by atoms with E-state index < -0.39 is 0 Å². The first-order valence-corrected chi connectivity index (χ1v) is 7.72. The summed E-state index contributed by atoms with van der Waals surface area (Å²) < 4.78 is 2.37. The standard InChI is InChI=1S/C17H21N3/c1-12(13-4-2-5-13)20-11-18-10-16(20)15-7-3-6-14-8-9-19-17(14)15/h3,6-7,10-13,19H,2,4-5,8-9H2,1H3. The fourth-order valence-corrected chi connectivity index (χ4v) is 3.54. The largest absolute Gasteiger partial charge is 0.384 e. The van der Waals surface area contributed by atoms with Crippen molar-refractivity contribution in [1.82, 2.24) is 9.55 Å². The number of aromatic nitrogens is 2. The number of para-hydroxylation sites is 1. The van der Waals surface area contributed by atoms with E-state index in [1.54, 1.807) is 0 Å². The van der Waals surface area contributed by atoms with E-state index in [-0.39, 0.29) is 0 Å². The van der Waals surface area contributed by atoms with Gasteiger partial charge in [0.1, 0.15) is 0 Å². The Balaban J connectivity index is 1.76. The van der Waals surface area contributed by atoms with Crippen LogP contribution in [0.25, 0.3) is 11.3 Å². The number of imidazole rings is 1. The van der Waals surface area contributed by atoms with E-state index in [2.05, 4.69) is 40.0 Å². The summed E-state index contributed by atoms with van der Waals surface area (Å²) in [7, 11) is 0. The van der Waals surface area contributed by atoms with Crippen molar-refractivity contribution in [1.29, 1.82) is 0 Å². The van der Waals surface area contributed by atoms with Crippen molar-refractivity contribution in [2.45, 2.75) is 38.6 Å². The molecule has 1 aliphatic carbocycles. The summed E-state index contributed by atoms with van der Waals surface area (Å²) in [5, 5.41) is 3.54. The average molecular weight is 267 g/mol. The van der Waals surface area contributed by atoms with Crippen LogP contribution in [-0.2, 0) is 6.42 Å². The number of nitrogens with zero attached hydrogens (tertiary/aromatic N) is 2. The minimum atomic E-state index is 0.554. The van der Waals surface area contributed by atoms with Gasteiger partial charge in [0.25, 0.3) is 0 Å².